The lowest BCUT2D eigenvalue weighted by Crippen LogP contribution is -2.43. The van der Waals surface area contributed by atoms with Gasteiger partial charge in [-0.1, -0.05) is 13.0 Å². The Hall–Kier alpha value is -4.01. The molecule has 204 valence electrons. The van der Waals surface area contributed by atoms with Crippen LogP contribution in [0.1, 0.15) is 69.3 Å². The number of nitrogens with zero attached hydrogens (tertiary/aromatic N) is 6. The summed E-state index contributed by atoms with van der Waals surface area (Å²) in [6.45, 7) is 10.2. The number of ether oxygens (including phenoxy) is 1. The molecule has 3 aromatic heterocycles. The summed E-state index contributed by atoms with van der Waals surface area (Å²) < 4.78 is 8.78. The lowest BCUT2D eigenvalue weighted by atomic mass is 9.82. The topological polar surface area (TPSA) is 94.6 Å². The number of amides is 1. The van der Waals surface area contributed by atoms with Crippen molar-refractivity contribution in [3.8, 4) is 16.9 Å². The summed E-state index contributed by atoms with van der Waals surface area (Å²) in [5, 5.41) is 9.45. The van der Waals surface area contributed by atoms with Crippen LogP contribution < -0.4 is 4.90 Å². The average Bonchev–Trinajstić information content (AvgIpc) is 3.54. The van der Waals surface area contributed by atoms with Gasteiger partial charge in [0.05, 0.1) is 18.0 Å². The fourth-order valence-corrected chi connectivity index (χ4v) is 5.37. The van der Waals surface area contributed by atoms with Crippen LogP contribution in [0, 0.1) is 18.8 Å². The SMILES string of the molecule is CCOC(=O)c1cn(-c2ccc(-c3cc4ncccn4n3)c(C)c2)nc1N(C(=O)C1CCC(C)CC1)C(C)C. The Labute approximate surface area is 228 Å². The van der Waals surface area contributed by atoms with Gasteiger partial charge in [-0.25, -0.2) is 19.0 Å². The molecule has 0 N–H and O–H groups in total. The maximum absolute atomic E-state index is 13.8. The second-order valence-electron chi connectivity index (χ2n) is 10.7. The van der Waals surface area contributed by atoms with Crippen LogP contribution in [0.15, 0.2) is 48.9 Å². The number of rotatable bonds is 7. The maximum Gasteiger partial charge on any atom is 0.343 e. The first kappa shape index (κ1) is 26.6. The largest absolute Gasteiger partial charge is 0.462 e. The van der Waals surface area contributed by atoms with Gasteiger partial charge >= 0.3 is 5.97 Å². The first-order valence-electron chi connectivity index (χ1n) is 13.8. The molecule has 0 radical (unpaired) electrons. The molecule has 3 heterocycles. The first-order valence-corrected chi connectivity index (χ1v) is 13.8. The minimum atomic E-state index is -0.486. The van der Waals surface area contributed by atoms with Gasteiger partial charge in [0.15, 0.2) is 11.5 Å². The van der Waals surface area contributed by atoms with E-state index in [0.717, 1.165) is 53.8 Å². The van der Waals surface area contributed by atoms with Gasteiger partial charge in [0.1, 0.15) is 5.56 Å². The molecule has 0 saturated heterocycles. The van der Waals surface area contributed by atoms with Crippen LogP contribution in [0.25, 0.3) is 22.6 Å². The summed E-state index contributed by atoms with van der Waals surface area (Å²) in [5.74, 6) is 0.462. The van der Waals surface area contributed by atoms with E-state index in [1.165, 1.54) is 0 Å². The predicted molar refractivity (Wildman–Crippen MR) is 150 cm³/mol. The van der Waals surface area contributed by atoms with Crippen LogP contribution >= 0.6 is 0 Å². The molecule has 0 unspecified atom stereocenters. The minimum absolute atomic E-state index is 0.0275. The van der Waals surface area contributed by atoms with E-state index in [9.17, 15) is 9.59 Å². The van der Waals surface area contributed by atoms with Crippen molar-refractivity contribution in [1.29, 1.82) is 0 Å². The smallest absolute Gasteiger partial charge is 0.343 e. The standard InChI is InChI=1S/C30H36N6O3/c1-6-39-30(38)25-18-35(33-28(25)36(19(2)3)29(37)22-10-8-20(4)9-11-22)23-12-13-24(21(5)16-23)26-17-27-31-14-7-15-34(27)32-26/h7,12-20,22H,6,8-11H2,1-5H3. The van der Waals surface area contributed by atoms with Crippen molar-refractivity contribution in [2.24, 2.45) is 11.8 Å². The Morgan fingerprint density at radius 2 is 1.90 bits per heavy atom. The summed E-state index contributed by atoms with van der Waals surface area (Å²) in [5.41, 5.74) is 4.64. The van der Waals surface area contributed by atoms with Gasteiger partial charge in [0.25, 0.3) is 0 Å². The highest BCUT2D eigenvalue weighted by Crippen LogP contribution is 2.33. The molecular weight excluding hydrogens is 492 g/mol. The number of carbonyl (C=O) groups is 2. The summed E-state index contributed by atoms with van der Waals surface area (Å²) in [6.07, 6.45) is 9.07. The average molecular weight is 529 g/mol. The zero-order valence-corrected chi connectivity index (χ0v) is 23.3. The Bertz CT molecular complexity index is 1460. The molecule has 0 atom stereocenters. The van der Waals surface area contributed by atoms with Crippen molar-refractivity contribution in [3.05, 3.63) is 60.0 Å². The molecule has 1 aliphatic carbocycles. The molecule has 0 aliphatic heterocycles. The van der Waals surface area contributed by atoms with Crippen LogP contribution in [-0.4, -0.2) is 48.9 Å². The molecular formula is C30H36N6O3. The van der Waals surface area contributed by atoms with Gasteiger partial charge < -0.3 is 4.74 Å². The monoisotopic (exact) mass is 528 g/mol. The molecule has 1 saturated carbocycles. The Morgan fingerprint density at radius 1 is 1.13 bits per heavy atom. The van der Waals surface area contributed by atoms with Crippen LogP contribution in [0.3, 0.4) is 0 Å². The Balaban J connectivity index is 1.52. The molecule has 1 aromatic carbocycles. The molecule has 0 spiro atoms. The summed E-state index contributed by atoms with van der Waals surface area (Å²) in [7, 11) is 0. The second kappa shape index (κ2) is 11.0. The molecule has 1 fully saturated rings. The summed E-state index contributed by atoms with van der Waals surface area (Å²) in [6, 6.07) is 9.56. The number of hydrogen-bond donors (Lipinski definition) is 0. The van der Waals surface area contributed by atoms with Gasteiger partial charge in [-0.3, -0.25) is 9.69 Å². The van der Waals surface area contributed by atoms with Gasteiger partial charge in [-0.2, -0.15) is 5.10 Å². The van der Waals surface area contributed by atoms with Crippen molar-refractivity contribution in [1.82, 2.24) is 24.4 Å². The van der Waals surface area contributed by atoms with Crippen LogP contribution in [0.2, 0.25) is 0 Å². The van der Waals surface area contributed by atoms with Crippen LogP contribution in [-0.2, 0) is 9.53 Å². The molecule has 1 aliphatic rings. The summed E-state index contributed by atoms with van der Waals surface area (Å²) >= 11 is 0. The van der Waals surface area contributed by atoms with Gasteiger partial charge in [0, 0.05) is 42.2 Å². The fourth-order valence-electron chi connectivity index (χ4n) is 5.37. The predicted octanol–water partition coefficient (Wildman–Crippen LogP) is 5.63. The number of benzene rings is 1. The Morgan fingerprint density at radius 3 is 2.56 bits per heavy atom. The van der Waals surface area contributed by atoms with E-state index in [1.54, 1.807) is 33.4 Å². The molecule has 9 nitrogen and oxygen atoms in total. The number of esters is 1. The highest BCUT2D eigenvalue weighted by Gasteiger charge is 2.34. The molecule has 39 heavy (non-hydrogen) atoms. The number of fused-ring (bicyclic) bond motifs is 1. The van der Waals surface area contributed by atoms with Crippen molar-refractivity contribution in [3.63, 3.8) is 0 Å². The van der Waals surface area contributed by atoms with Crippen LogP contribution in [0.5, 0.6) is 0 Å². The van der Waals surface area contributed by atoms with Gasteiger partial charge in [-0.05, 0) is 83.1 Å². The van der Waals surface area contributed by atoms with Gasteiger partial charge in [0.2, 0.25) is 5.91 Å². The number of anilines is 1. The van der Waals surface area contributed by atoms with Crippen molar-refractivity contribution >= 4 is 23.3 Å². The molecule has 5 rings (SSSR count). The minimum Gasteiger partial charge on any atom is -0.462 e. The number of aromatic nitrogens is 5. The lowest BCUT2D eigenvalue weighted by Gasteiger charge is -2.32. The van der Waals surface area contributed by atoms with E-state index >= 15 is 0 Å². The van der Waals surface area contributed by atoms with Gasteiger partial charge in [-0.15, -0.1) is 5.10 Å². The fraction of sp³-hybridized carbons (Fsp3) is 0.433. The van der Waals surface area contributed by atoms with Crippen molar-refractivity contribution in [2.75, 3.05) is 11.5 Å². The zero-order valence-electron chi connectivity index (χ0n) is 23.3. The second-order valence-corrected chi connectivity index (χ2v) is 10.7. The zero-order chi connectivity index (χ0) is 27.7. The summed E-state index contributed by atoms with van der Waals surface area (Å²) in [4.78, 5) is 32.9. The third-order valence-electron chi connectivity index (χ3n) is 7.52. The van der Waals surface area contributed by atoms with E-state index in [0.29, 0.717) is 11.7 Å². The highest BCUT2D eigenvalue weighted by atomic mass is 16.5. The van der Waals surface area contributed by atoms with Crippen LogP contribution in [0.4, 0.5) is 5.82 Å². The maximum atomic E-state index is 13.8. The number of carbonyl (C=O) groups excluding carboxylic acids is 2. The lowest BCUT2D eigenvalue weighted by molar-refractivity contribution is -0.124. The first-order chi connectivity index (χ1) is 18.8. The molecule has 4 aromatic rings. The van der Waals surface area contributed by atoms with E-state index in [1.807, 2.05) is 57.3 Å². The molecule has 1 amide bonds. The van der Waals surface area contributed by atoms with Crippen molar-refractivity contribution < 1.29 is 14.3 Å². The third kappa shape index (κ3) is 5.30. The van der Waals surface area contributed by atoms with Crippen molar-refractivity contribution in [2.45, 2.75) is 66.3 Å². The highest BCUT2D eigenvalue weighted by molar-refractivity contribution is 6.02. The van der Waals surface area contributed by atoms with E-state index in [-0.39, 0.29) is 30.0 Å². The number of hydrogen-bond acceptors (Lipinski definition) is 6. The third-order valence-corrected chi connectivity index (χ3v) is 7.52. The van der Waals surface area contributed by atoms with E-state index in [4.69, 9.17) is 9.84 Å². The molecule has 0 bridgehead atoms. The Kier molecular flexibility index (Phi) is 7.50. The molecule has 9 heteroatoms. The van der Waals surface area contributed by atoms with E-state index < -0.39 is 5.97 Å². The normalized spacial score (nSPS) is 17.5. The quantitative estimate of drug-likeness (QED) is 0.288. The van der Waals surface area contributed by atoms with E-state index in [2.05, 4.69) is 17.0 Å². The number of aryl methyl sites for hydroxylation is 1.